The van der Waals surface area contributed by atoms with E-state index in [1.165, 1.54) is 25.7 Å². The van der Waals surface area contributed by atoms with Crippen LogP contribution in [0.4, 0.5) is 0 Å². The van der Waals surface area contributed by atoms with E-state index in [2.05, 4.69) is 17.1 Å². The normalized spacial score (nSPS) is 23.6. The average Bonchev–Trinajstić information content (AvgIpc) is 2.84. The van der Waals surface area contributed by atoms with Gasteiger partial charge in [-0.15, -0.1) is 12.4 Å². The zero-order valence-corrected chi connectivity index (χ0v) is 11.1. The monoisotopic (exact) mass is 257 g/mol. The minimum atomic E-state index is -0.288. The smallest absolute Gasteiger partial charge is 0.232 e. The molecule has 1 aromatic rings. The van der Waals surface area contributed by atoms with Gasteiger partial charge in [-0.1, -0.05) is 18.5 Å². The van der Waals surface area contributed by atoms with Gasteiger partial charge in [-0.3, -0.25) is 0 Å². The summed E-state index contributed by atoms with van der Waals surface area (Å²) in [6, 6.07) is 0. The molecule has 3 rings (SSSR count). The minimum Gasteiger partial charge on any atom is -0.339 e. The summed E-state index contributed by atoms with van der Waals surface area (Å²) in [7, 11) is 0. The number of hydrogen-bond acceptors (Lipinski definition) is 4. The lowest BCUT2D eigenvalue weighted by atomic mass is 9.77. The molecule has 2 aliphatic carbocycles. The van der Waals surface area contributed by atoms with E-state index >= 15 is 0 Å². The van der Waals surface area contributed by atoms with Gasteiger partial charge in [0.1, 0.15) is 0 Å². The van der Waals surface area contributed by atoms with E-state index in [0.29, 0.717) is 0 Å². The summed E-state index contributed by atoms with van der Waals surface area (Å²) in [5, 5.41) is 4.09. The van der Waals surface area contributed by atoms with Crippen LogP contribution in [0.5, 0.6) is 0 Å². The summed E-state index contributed by atoms with van der Waals surface area (Å²) in [6.45, 7) is 2.20. The second-order valence-electron chi connectivity index (χ2n) is 5.46. The van der Waals surface area contributed by atoms with Crippen LogP contribution in [0.15, 0.2) is 4.52 Å². The van der Waals surface area contributed by atoms with Crippen molar-refractivity contribution in [3.05, 3.63) is 11.7 Å². The van der Waals surface area contributed by atoms with Gasteiger partial charge in [-0.05, 0) is 38.5 Å². The van der Waals surface area contributed by atoms with E-state index in [1.807, 2.05) is 0 Å². The molecule has 5 heteroatoms. The Labute approximate surface area is 108 Å². The van der Waals surface area contributed by atoms with Crippen LogP contribution in [0.3, 0.4) is 0 Å². The molecule has 0 aliphatic heterocycles. The lowest BCUT2D eigenvalue weighted by Gasteiger charge is -2.34. The van der Waals surface area contributed by atoms with E-state index < -0.39 is 0 Å². The van der Waals surface area contributed by atoms with Gasteiger partial charge in [-0.25, -0.2) is 0 Å². The van der Waals surface area contributed by atoms with Crippen molar-refractivity contribution in [2.24, 2.45) is 5.73 Å². The highest BCUT2D eigenvalue weighted by molar-refractivity contribution is 5.85. The Morgan fingerprint density at radius 1 is 1.29 bits per heavy atom. The summed E-state index contributed by atoms with van der Waals surface area (Å²) in [5.74, 6) is 1.57. The van der Waals surface area contributed by atoms with Crippen molar-refractivity contribution in [1.82, 2.24) is 10.1 Å². The number of nitrogens with two attached hydrogens (primary N) is 1. The van der Waals surface area contributed by atoms with Crippen molar-refractivity contribution >= 4 is 12.4 Å². The molecule has 0 radical (unpaired) electrons. The summed E-state index contributed by atoms with van der Waals surface area (Å²) < 4.78 is 5.43. The van der Waals surface area contributed by atoms with Crippen LogP contribution in [-0.4, -0.2) is 10.1 Å². The molecular weight excluding hydrogens is 238 g/mol. The molecule has 17 heavy (non-hydrogen) atoms. The fourth-order valence-corrected chi connectivity index (χ4v) is 2.62. The maximum absolute atomic E-state index is 6.19. The topological polar surface area (TPSA) is 64.9 Å². The first-order valence-corrected chi connectivity index (χ1v) is 6.32. The third kappa shape index (κ3) is 1.97. The Kier molecular flexibility index (Phi) is 3.21. The molecular formula is C12H20ClN3O. The summed E-state index contributed by atoms with van der Waals surface area (Å²) in [4.78, 5) is 4.55. The average molecular weight is 258 g/mol. The third-order valence-electron chi connectivity index (χ3n) is 4.15. The van der Waals surface area contributed by atoms with Crippen LogP contribution in [0.1, 0.15) is 63.6 Å². The van der Waals surface area contributed by atoms with Gasteiger partial charge in [0, 0.05) is 5.41 Å². The standard InChI is InChI=1S/C12H19N3O.ClH/c1-2-4-11(7-8-11)10-14-9(15-16-10)12(13)5-3-6-12;/h2-8,13H2,1H3;1H. The van der Waals surface area contributed by atoms with Crippen LogP contribution in [0, 0.1) is 0 Å². The quantitative estimate of drug-likeness (QED) is 0.901. The predicted molar refractivity (Wildman–Crippen MR) is 67.1 cm³/mol. The third-order valence-corrected chi connectivity index (χ3v) is 4.15. The largest absolute Gasteiger partial charge is 0.339 e. The molecule has 0 aromatic carbocycles. The molecule has 96 valence electrons. The highest BCUT2D eigenvalue weighted by Crippen LogP contribution is 2.51. The van der Waals surface area contributed by atoms with E-state index in [4.69, 9.17) is 10.3 Å². The van der Waals surface area contributed by atoms with Crippen molar-refractivity contribution < 1.29 is 4.52 Å². The first-order chi connectivity index (χ1) is 7.69. The van der Waals surface area contributed by atoms with E-state index in [-0.39, 0.29) is 23.4 Å². The van der Waals surface area contributed by atoms with Crippen LogP contribution in [-0.2, 0) is 11.0 Å². The molecule has 2 aliphatic rings. The van der Waals surface area contributed by atoms with Gasteiger partial charge in [-0.2, -0.15) is 4.98 Å². The summed E-state index contributed by atoms with van der Waals surface area (Å²) in [5.41, 5.74) is 6.11. The van der Waals surface area contributed by atoms with E-state index in [0.717, 1.165) is 31.0 Å². The van der Waals surface area contributed by atoms with E-state index in [9.17, 15) is 0 Å². The van der Waals surface area contributed by atoms with Gasteiger partial charge >= 0.3 is 0 Å². The van der Waals surface area contributed by atoms with Crippen LogP contribution < -0.4 is 5.73 Å². The molecule has 1 aromatic heterocycles. The Morgan fingerprint density at radius 2 is 2.00 bits per heavy atom. The highest BCUT2D eigenvalue weighted by Gasteiger charge is 2.49. The van der Waals surface area contributed by atoms with Crippen molar-refractivity contribution in [2.45, 2.75) is 62.8 Å². The molecule has 0 bridgehead atoms. The zero-order chi connectivity index (χ0) is 11.2. The summed E-state index contributed by atoms with van der Waals surface area (Å²) >= 11 is 0. The first kappa shape index (κ1) is 12.8. The zero-order valence-electron chi connectivity index (χ0n) is 10.2. The minimum absolute atomic E-state index is 0. The van der Waals surface area contributed by atoms with Crippen LogP contribution >= 0.6 is 12.4 Å². The fraction of sp³-hybridized carbons (Fsp3) is 0.833. The maximum atomic E-state index is 6.19. The molecule has 2 saturated carbocycles. The Hall–Kier alpha value is -0.610. The lowest BCUT2D eigenvalue weighted by Crippen LogP contribution is -2.44. The Bertz CT molecular complexity index is 396. The van der Waals surface area contributed by atoms with Crippen molar-refractivity contribution in [1.29, 1.82) is 0 Å². The van der Waals surface area contributed by atoms with Crippen molar-refractivity contribution in [3.63, 3.8) is 0 Å². The van der Waals surface area contributed by atoms with Gasteiger partial charge < -0.3 is 10.3 Å². The lowest BCUT2D eigenvalue weighted by molar-refractivity contribution is 0.228. The van der Waals surface area contributed by atoms with Gasteiger partial charge in [0.15, 0.2) is 5.82 Å². The molecule has 0 atom stereocenters. The molecule has 1 heterocycles. The van der Waals surface area contributed by atoms with Crippen molar-refractivity contribution in [3.8, 4) is 0 Å². The fourth-order valence-electron chi connectivity index (χ4n) is 2.62. The number of nitrogens with zero attached hydrogens (tertiary/aromatic N) is 2. The second-order valence-corrected chi connectivity index (χ2v) is 5.46. The molecule has 0 amide bonds. The molecule has 0 spiro atoms. The number of halogens is 1. The van der Waals surface area contributed by atoms with Crippen LogP contribution in [0.2, 0.25) is 0 Å². The first-order valence-electron chi connectivity index (χ1n) is 6.32. The van der Waals surface area contributed by atoms with Crippen molar-refractivity contribution in [2.75, 3.05) is 0 Å². The molecule has 2 fully saturated rings. The van der Waals surface area contributed by atoms with Gasteiger partial charge in [0.25, 0.3) is 0 Å². The number of aromatic nitrogens is 2. The predicted octanol–water partition coefficient (Wildman–Crippen LogP) is 2.66. The number of hydrogen-bond donors (Lipinski definition) is 1. The Morgan fingerprint density at radius 3 is 2.47 bits per heavy atom. The molecule has 0 unspecified atom stereocenters. The second kappa shape index (κ2) is 4.25. The van der Waals surface area contributed by atoms with E-state index in [1.54, 1.807) is 0 Å². The number of rotatable bonds is 4. The molecule has 0 saturated heterocycles. The molecule has 2 N–H and O–H groups in total. The SMILES string of the molecule is CCCC1(c2nc(C3(N)CCC3)no2)CC1.Cl. The van der Waals surface area contributed by atoms with Crippen LogP contribution in [0.25, 0.3) is 0 Å². The summed E-state index contributed by atoms with van der Waals surface area (Å²) in [6.07, 6.45) is 7.89. The van der Waals surface area contributed by atoms with Gasteiger partial charge in [0.05, 0.1) is 5.54 Å². The van der Waals surface area contributed by atoms with Gasteiger partial charge in [0.2, 0.25) is 5.89 Å². The molecule has 4 nitrogen and oxygen atoms in total. The Balaban J connectivity index is 0.00000108. The maximum Gasteiger partial charge on any atom is 0.232 e. The highest BCUT2D eigenvalue weighted by atomic mass is 35.5.